The van der Waals surface area contributed by atoms with E-state index in [9.17, 15) is 4.79 Å². The molecule has 1 N–H and O–H groups in total. The Morgan fingerprint density at radius 3 is 2.74 bits per heavy atom. The van der Waals surface area contributed by atoms with Gasteiger partial charge in [0.1, 0.15) is 0 Å². The zero-order valence-corrected chi connectivity index (χ0v) is 14.5. The molecule has 3 rings (SSSR count). The van der Waals surface area contributed by atoms with Crippen LogP contribution in [0.5, 0.6) is 0 Å². The number of nitrogens with zero attached hydrogens (tertiary/aromatic N) is 2. The van der Waals surface area contributed by atoms with Crippen LogP contribution in [0, 0.1) is 0 Å². The number of carbonyl (C=O) groups is 1. The molecule has 1 aliphatic carbocycles. The first-order chi connectivity index (χ1) is 10.9. The molecule has 4 nitrogen and oxygen atoms in total. The van der Waals surface area contributed by atoms with Crippen LogP contribution in [0.3, 0.4) is 0 Å². The lowest BCUT2D eigenvalue weighted by molar-refractivity contribution is -0.124. The number of fused-ring (bicyclic) bond motifs is 1. The lowest BCUT2D eigenvalue weighted by Gasteiger charge is -2.30. The van der Waals surface area contributed by atoms with Crippen LogP contribution in [-0.4, -0.2) is 15.7 Å². The van der Waals surface area contributed by atoms with E-state index < -0.39 is 5.54 Å². The number of rotatable bonds is 3. The van der Waals surface area contributed by atoms with Gasteiger partial charge in [0.05, 0.1) is 17.2 Å². The van der Waals surface area contributed by atoms with Gasteiger partial charge >= 0.3 is 0 Å². The van der Waals surface area contributed by atoms with Crippen LogP contribution < -0.4 is 5.32 Å². The van der Waals surface area contributed by atoms with Crippen molar-refractivity contribution in [3.05, 3.63) is 52.3 Å². The zero-order valence-electron chi connectivity index (χ0n) is 13.8. The molecule has 0 aliphatic heterocycles. The van der Waals surface area contributed by atoms with Gasteiger partial charge in [-0.2, -0.15) is 5.10 Å². The molecule has 1 atom stereocenters. The Labute approximate surface area is 141 Å². The van der Waals surface area contributed by atoms with E-state index in [2.05, 4.69) is 10.4 Å². The molecule has 0 spiro atoms. The van der Waals surface area contributed by atoms with Gasteiger partial charge in [0.15, 0.2) is 0 Å². The molecular weight excluding hydrogens is 310 g/mol. The second-order valence-electron chi connectivity index (χ2n) is 6.77. The third-order valence-electron chi connectivity index (χ3n) is 4.54. The van der Waals surface area contributed by atoms with Crippen LogP contribution in [0.25, 0.3) is 0 Å². The molecule has 0 radical (unpaired) electrons. The summed E-state index contributed by atoms with van der Waals surface area (Å²) >= 11 is 5.95. The first-order valence-electron chi connectivity index (χ1n) is 7.97. The number of hydrogen-bond donors (Lipinski definition) is 1. The maximum absolute atomic E-state index is 12.9. The Kier molecular flexibility index (Phi) is 4.19. The number of halogens is 1. The van der Waals surface area contributed by atoms with Gasteiger partial charge in [-0.25, -0.2) is 0 Å². The van der Waals surface area contributed by atoms with Crippen LogP contribution in [0.1, 0.15) is 49.4 Å². The molecule has 0 saturated heterocycles. The molecule has 0 bridgehead atoms. The number of amides is 1. The highest BCUT2D eigenvalue weighted by Crippen LogP contribution is 2.32. The van der Waals surface area contributed by atoms with Gasteiger partial charge in [-0.3, -0.25) is 9.48 Å². The standard InChI is InChI=1S/C18H22ClN3O/c1-18(2,12-7-9-13(19)10-8-12)20-17(23)14-5-4-6-16-15(14)11-22(3)21-16/h7-11,14H,4-6H2,1-3H3,(H,20,23). The van der Waals surface area contributed by atoms with Crippen LogP contribution in [0.15, 0.2) is 30.5 Å². The predicted molar refractivity (Wildman–Crippen MR) is 91.5 cm³/mol. The Bertz CT molecular complexity index is 718. The fourth-order valence-electron chi connectivity index (χ4n) is 3.27. The highest BCUT2D eigenvalue weighted by Gasteiger charge is 2.32. The summed E-state index contributed by atoms with van der Waals surface area (Å²) in [5.41, 5.74) is 2.73. The average Bonchev–Trinajstić information content (AvgIpc) is 2.87. The minimum absolute atomic E-state index is 0.0684. The SMILES string of the molecule is Cn1cc2c(n1)CCCC2C(=O)NC(C)(C)c1ccc(Cl)cc1. The first-order valence-corrected chi connectivity index (χ1v) is 8.35. The van der Waals surface area contributed by atoms with Gasteiger partial charge in [0.2, 0.25) is 5.91 Å². The molecule has 5 heteroatoms. The summed E-state index contributed by atoms with van der Waals surface area (Å²) in [5.74, 6) is -0.0436. The summed E-state index contributed by atoms with van der Waals surface area (Å²) in [6, 6.07) is 7.62. The Morgan fingerprint density at radius 2 is 2.04 bits per heavy atom. The van der Waals surface area contributed by atoms with Crippen LogP contribution >= 0.6 is 11.6 Å². The maximum atomic E-state index is 12.9. The van der Waals surface area contributed by atoms with Crippen molar-refractivity contribution in [1.29, 1.82) is 0 Å². The highest BCUT2D eigenvalue weighted by atomic mass is 35.5. The quantitative estimate of drug-likeness (QED) is 0.935. The number of aryl methyl sites for hydroxylation is 2. The van der Waals surface area contributed by atoms with Gasteiger partial charge in [-0.1, -0.05) is 23.7 Å². The van der Waals surface area contributed by atoms with Gasteiger partial charge in [0, 0.05) is 23.8 Å². The summed E-state index contributed by atoms with van der Waals surface area (Å²) in [4.78, 5) is 12.9. The Morgan fingerprint density at radius 1 is 1.35 bits per heavy atom. The molecule has 0 fully saturated rings. The van der Waals surface area contributed by atoms with Crippen LogP contribution in [-0.2, 0) is 23.8 Å². The molecule has 1 aliphatic rings. The lowest BCUT2D eigenvalue weighted by Crippen LogP contribution is -2.43. The van der Waals surface area contributed by atoms with Crippen molar-refractivity contribution in [2.45, 2.75) is 44.6 Å². The molecule has 1 aromatic heterocycles. The van der Waals surface area contributed by atoms with E-state index in [-0.39, 0.29) is 11.8 Å². The van der Waals surface area contributed by atoms with Crippen molar-refractivity contribution >= 4 is 17.5 Å². The van der Waals surface area contributed by atoms with Gasteiger partial charge in [0.25, 0.3) is 0 Å². The number of benzene rings is 1. The Hall–Kier alpha value is -1.81. The minimum atomic E-state index is -0.443. The van der Waals surface area contributed by atoms with Crippen molar-refractivity contribution in [2.75, 3.05) is 0 Å². The van der Waals surface area contributed by atoms with E-state index in [1.54, 1.807) is 4.68 Å². The molecule has 1 unspecified atom stereocenters. The molecular formula is C18H22ClN3O. The van der Waals surface area contributed by atoms with Crippen LogP contribution in [0.4, 0.5) is 0 Å². The van der Waals surface area contributed by atoms with Crippen molar-refractivity contribution in [1.82, 2.24) is 15.1 Å². The van der Waals surface area contributed by atoms with Crippen molar-refractivity contribution in [2.24, 2.45) is 7.05 Å². The largest absolute Gasteiger partial charge is 0.347 e. The number of hydrogen-bond acceptors (Lipinski definition) is 2. The van der Waals surface area contributed by atoms with Gasteiger partial charge < -0.3 is 5.32 Å². The zero-order chi connectivity index (χ0) is 16.6. The second kappa shape index (κ2) is 6.00. The maximum Gasteiger partial charge on any atom is 0.228 e. The topological polar surface area (TPSA) is 46.9 Å². The highest BCUT2D eigenvalue weighted by molar-refractivity contribution is 6.30. The lowest BCUT2D eigenvalue weighted by atomic mass is 9.85. The first kappa shape index (κ1) is 16.1. The van der Waals surface area contributed by atoms with E-state index >= 15 is 0 Å². The monoisotopic (exact) mass is 331 g/mol. The van der Waals surface area contributed by atoms with E-state index in [4.69, 9.17) is 11.6 Å². The summed E-state index contributed by atoms with van der Waals surface area (Å²) in [6.07, 6.45) is 4.82. The number of aromatic nitrogens is 2. The third-order valence-corrected chi connectivity index (χ3v) is 4.79. The normalized spacial score (nSPS) is 17.7. The average molecular weight is 332 g/mol. The van der Waals surface area contributed by atoms with Crippen molar-refractivity contribution < 1.29 is 4.79 Å². The smallest absolute Gasteiger partial charge is 0.228 e. The third kappa shape index (κ3) is 3.27. The predicted octanol–water partition coefficient (Wildman–Crippen LogP) is 3.54. The van der Waals surface area contributed by atoms with Crippen molar-refractivity contribution in [3.63, 3.8) is 0 Å². The van der Waals surface area contributed by atoms with Gasteiger partial charge in [-0.05, 0) is 50.8 Å². The minimum Gasteiger partial charge on any atom is -0.347 e. The molecule has 1 amide bonds. The summed E-state index contributed by atoms with van der Waals surface area (Å²) < 4.78 is 1.81. The molecule has 1 aromatic carbocycles. The molecule has 23 heavy (non-hydrogen) atoms. The summed E-state index contributed by atoms with van der Waals surface area (Å²) in [7, 11) is 1.91. The molecule has 0 saturated carbocycles. The Balaban J connectivity index is 1.80. The van der Waals surface area contributed by atoms with Crippen molar-refractivity contribution in [3.8, 4) is 0 Å². The summed E-state index contributed by atoms with van der Waals surface area (Å²) in [5, 5.41) is 8.36. The van der Waals surface area contributed by atoms with E-state index in [1.807, 2.05) is 51.4 Å². The molecule has 122 valence electrons. The number of carbonyl (C=O) groups excluding carboxylic acids is 1. The fraction of sp³-hybridized carbons (Fsp3) is 0.444. The number of nitrogens with one attached hydrogen (secondary N) is 1. The van der Waals surface area contributed by atoms with Gasteiger partial charge in [-0.15, -0.1) is 0 Å². The van der Waals surface area contributed by atoms with E-state index in [1.165, 1.54) is 0 Å². The van der Waals surface area contributed by atoms with E-state index in [0.29, 0.717) is 5.02 Å². The van der Waals surface area contributed by atoms with Crippen LogP contribution in [0.2, 0.25) is 5.02 Å². The van der Waals surface area contributed by atoms with E-state index in [0.717, 1.165) is 36.1 Å². The molecule has 1 heterocycles. The molecule has 2 aromatic rings. The second-order valence-corrected chi connectivity index (χ2v) is 7.21. The summed E-state index contributed by atoms with van der Waals surface area (Å²) in [6.45, 7) is 4.03. The fourth-order valence-corrected chi connectivity index (χ4v) is 3.40.